The first-order valence-electron chi connectivity index (χ1n) is 5.32. The normalized spacial score (nSPS) is 10.3. The second-order valence-corrected chi connectivity index (χ2v) is 5.21. The highest BCUT2D eigenvalue weighted by Gasteiger charge is 2.15. The Bertz CT molecular complexity index is 410. The molecule has 1 aromatic heterocycles. The molecule has 0 atom stereocenters. The molecule has 1 rings (SSSR count). The molecule has 0 spiro atoms. The molecule has 0 radical (unpaired) electrons. The molecule has 0 bridgehead atoms. The van der Waals surface area contributed by atoms with Crippen molar-refractivity contribution >= 4 is 17.4 Å². The van der Waals surface area contributed by atoms with E-state index < -0.39 is 11.7 Å². The summed E-state index contributed by atoms with van der Waals surface area (Å²) in [5, 5.41) is 5.31. The minimum Gasteiger partial charge on any atom is -0.444 e. The van der Waals surface area contributed by atoms with Crippen molar-refractivity contribution in [3.05, 3.63) is 16.6 Å². The number of nitrogens with one attached hydrogen (secondary N) is 1. The first kappa shape index (κ1) is 13.5. The highest BCUT2D eigenvalue weighted by Crippen LogP contribution is 2.06. The zero-order valence-electron chi connectivity index (χ0n) is 10.2. The smallest absolute Gasteiger partial charge is 0.407 e. The van der Waals surface area contributed by atoms with Crippen molar-refractivity contribution in [2.75, 3.05) is 6.54 Å². The third-order valence-corrected chi connectivity index (χ3v) is 2.23. The van der Waals surface area contributed by atoms with Gasteiger partial charge in [-0.2, -0.15) is 0 Å². The maximum atomic E-state index is 11.3. The van der Waals surface area contributed by atoms with Gasteiger partial charge in [-0.15, -0.1) is 11.3 Å². The predicted molar refractivity (Wildman–Crippen MR) is 67.8 cm³/mol. The molecule has 0 aliphatic heterocycles. The number of ether oxygens (including phenoxy) is 1. The Kier molecular flexibility index (Phi) is 4.98. The van der Waals surface area contributed by atoms with E-state index in [2.05, 4.69) is 22.1 Å². The summed E-state index contributed by atoms with van der Waals surface area (Å²) in [4.78, 5) is 15.3. The van der Waals surface area contributed by atoms with E-state index in [0.29, 0.717) is 13.0 Å². The lowest BCUT2D eigenvalue weighted by Gasteiger charge is -2.19. The van der Waals surface area contributed by atoms with Gasteiger partial charge in [0, 0.05) is 24.5 Å². The molecule has 0 aliphatic rings. The molecular formula is C12H16N2O2S. The van der Waals surface area contributed by atoms with Crippen LogP contribution in [0, 0.1) is 11.8 Å². The van der Waals surface area contributed by atoms with E-state index in [1.807, 2.05) is 26.2 Å². The molecule has 0 saturated carbocycles. The van der Waals surface area contributed by atoms with E-state index in [1.54, 1.807) is 6.20 Å². The lowest BCUT2D eigenvalue weighted by Crippen LogP contribution is -2.32. The molecule has 0 unspecified atom stereocenters. The highest BCUT2D eigenvalue weighted by atomic mass is 32.1. The fraction of sp³-hybridized carbons (Fsp3) is 0.500. The summed E-state index contributed by atoms with van der Waals surface area (Å²) in [6, 6.07) is 0. The molecule has 0 fully saturated rings. The number of thiazole rings is 1. The van der Waals surface area contributed by atoms with E-state index in [0.717, 1.165) is 5.01 Å². The molecule has 1 heterocycles. The number of hydrogen-bond donors (Lipinski definition) is 1. The maximum absolute atomic E-state index is 11.3. The number of nitrogens with zero attached hydrogens (tertiary/aromatic N) is 1. The number of aromatic nitrogens is 1. The number of alkyl carbamates (subject to hydrolysis) is 1. The van der Waals surface area contributed by atoms with Crippen LogP contribution in [0.3, 0.4) is 0 Å². The predicted octanol–water partition coefficient (Wildman–Crippen LogP) is 2.41. The largest absolute Gasteiger partial charge is 0.444 e. The third-order valence-electron chi connectivity index (χ3n) is 1.55. The fourth-order valence-electron chi connectivity index (χ4n) is 0.965. The Labute approximate surface area is 105 Å². The molecule has 1 aromatic rings. The first-order valence-corrected chi connectivity index (χ1v) is 6.20. The number of amides is 1. The molecule has 1 amide bonds. The quantitative estimate of drug-likeness (QED) is 0.649. The first-order chi connectivity index (χ1) is 7.97. The Balaban J connectivity index is 2.18. The van der Waals surface area contributed by atoms with Crippen molar-refractivity contribution in [2.24, 2.45) is 0 Å². The van der Waals surface area contributed by atoms with Crippen LogP contribution in [0.4, 0.5) is 4.79 Å². The second-order valence-electron chi connectivity index (χ2n) is 4.32. The van der Waals surface area contributed by atoms with E-state index in [9.17, 15) is 4.79 Å². The number of hydrogen-bond acceptors (Lipinski definition) is 4. The minimum atomic E-state index is -0.462. The summed E-state index contributed by atoms with van der Waals surface area (Å²) in [5.74, 6) is 5.85. The van der Waals surface area contributed by atoms with Crippen LogP contribution in [0.15, 0.2) is 11.6 Å². The van der Waals surface area contributed by atoms with Crippen LogP contribution >= 0.6 is 11.3 Å². The van der Waals surface area contributed by atoms with Crippen molar-refractivity contribution in [3.63, 3.8) is 0 Å². The summed E-state index contributed by atoms with van der Waals surface area (Å²) in [5.41, 5.74) is -0.462. The molecular weight excluding hydrogens is 236 g/mol. The van der Waals surface area contributed by atoms with Gasteiger partial charge in [0.05, 0.1) is 0 Å². The van der Waals surface area contributed by atoms with Gasteiger partial charge in [-0.25, -0.2) is 9.78 Å². The van der Waals surface area contributed by atoms with Gasteiger partial charge in [-0.3, -0.25) is 0 Å². The van der Waals surface area contributed by atoms with E-state index in [1.165, 1.54) is 11.3 Å². The topological polar surface area (TPSA) is 51.2 Å². The summed E-state index contributed by atoms with van der Waals surface area (Å²) in [6.07, 6.45) is 1.89. The molecule has 0 aliphatic carbocycles. The monoisotopic (exact) mass is 252 g/mol. The van der Waals surface area contributed by atoms with Crippen LogP contribution in [-0.4, -0.2) is 23.2 Å². The Hall–Kier alpha value is -1.54. The van der Waals surface area contributed by atoms with Gasteiger partial charge in [0.2, 0.25) is 0 Å². The number of rotatable bonds is 2. The minimum absolute atomic E-state index is 0.409. The van der Waals surface area contributed by atoms with Crippen LogP contribution in [0.5, 0.6) is 0 Å². The zero-order valence-corrected chi connectivity index (χ0v) is 11.1. The van der Waals surface area contributed by atoms with Crippen molar-refractivity contribution in [1.29, 1.82) is 0 Å². The van der Waals surface area contributed by atoms with Gasteiger partial charge in [-0.05, 0) is 26.7 Å². The van der Waals surface area contributed by atoms with Crippen LogP contribution in [0.25, 0.3) is 0 Å². The average molecular weight is 252 g/mol. The molecule has 17 heavy (non-hydrogen) atoms. The molecule has 4 nitrogen and oxygen atoms in total. The Morgan fingerprint density at radius 2 is 2.35 bits per heavy atom. The van der Waals surface area contributed by atoms with Crippen molar-refractivity contribution in [1.82, 2.24) is 10.3 Å². The Morgan fingerprint density at radius 3 is 2.94 bits per heavy atom. The van der Waals surface area contributed by atoms with Gasteiger partial charge in [0.1, 0.15) is 5.60 Å². The van der Waals surface area contributed by atoms with Gasteiger partial charge >= 0.3 is 6.09 Å². The average Bonchev–Trinajstić information content (AvgIpc) is 2.67. The second kappa shape index (κ2) is 6.26. The molecule has 0 saturated heterocycles. The summed E-state index contributed by atoms with van der Waals surface area (Å²) in [6.45, 7) is 5.96. The van der Waals surface area contributed by atoms with Crippen molar-refractivity contribution < 1.29 is 9.53 Å². The van der Waals surface area contributed by atoms with Crippen LogP contribution in [0.2, 0.25) is 0 Å². The molecule has 1 N–H and O–H groups in total. The van der Waals surface area contributed by atoms with Crippen molar-refractivity contribution in [2.45, 2.75) is 32.8 Å². The van der Waals surface area contributed by atoms with Gasteiger partial charge in [0.25, 0.3) is 0 Å². The third kappa shape index (κ3) is 6.59. The SMILES string of the molecule is CC(C)(C)OC(=O)NCCC#Cc1nccs1. The molecule has 5 heteroatoms. The summed E-state index contributed by atoms with van der Waals surface area (Å²) >= 11 is 1.50. The van der Waals surface area contributed by atoms with Gasteiger partial charge < -0.3 is 10.1 Å². The number of carbonyl (C=O) groups excluding carboxylic acids is 1. The highest BCUT2D eigenvalue weighted by molar-refractivity contribution is 7.10. The molecule has 0 aromatic carbocycles. The maximum Gasteiger partial charge on any atom is 0.407 e. The van der Waals surface area contributed by atoms with E-state index in [-0.39, 0.29) is 0 Å². The fourth-order valence-corrected chi connectivity index (χ4v) is 1.47. The Morgan fingerprint density at radius 1 is 1.59 bits per heavy atom. The van der Waals surface area contributed by atoms with Gasteiger partial charge in [-0.1, -0.05) is 5.92 Å². The number of carbonyl (C=O) groups is 1. The summed E-state index contributed by atoms with van der Waals surface area (Å²) < 4.78 is 5.08. The lowest BCUT2D eigenvalue weighted by atomic mass is 10.2. The standard InChI is InChI=1S/C12H16N2O2S/c1-12(2,3)16-11(15)14-7-5-4-6-10-13-8-9-17-10/h8-9H,5,7H2,1-3H3,(H,14,15). The van der Waals surface area contributed by atoms with Crippen LogP contribution < -0.4 is 5.32 Å². The van der Waals surface area contributed by atoms with E-state index >= 15 is 0 Å². The van der Waals surface area contributed by atoms with Gasteiger partial charge in [0.15, 0.2) is 5.01 Å². The molecule has 92 valence electrons. The van der Waals surface area contributed by atoms with Crippen LogP contribution in [-0.2, 0) is 4.74 Å². The van der Waals surface area contributed by atoms with E-state index in [4.69, 9.17) is 4.74 Å². The van der Waals surface area contributed by atoms with Crippen LogP contribution in [0.1, 0.15) is 32.2 Å². The lowest BCUT2D eigenvalue weighted by molar-refractivity contribution is 0.0529. The summed E-state index contributed by atoms with van der Waals surface area (Å²) in [7, 11) is 0. The van der Waals surface area contributed by atoms with Crippen molar-refractivity contribution in [3.8, 4) is 11.8 Å². The zero-order chi connectivity index (χ0) is 12.7.